The molecular weight excluding hydrogens is 366 g/mol. The molecule has 2 saturated carbocycles. The molecule has 1 amide bonds. The molecule has 6 nitrogen and oxygen atoms in total. The van der Waals surface area contributed by atoms with Gasteiger partial charge in [-0.1, -0.05) is 6.92 Å². The molecule has 0 aromatic carbocycles. The van der Waals surface area contributed by atoms with Crippen LogP contribution >= 0.6 is 11.3 Å². The molecule has 27 heavy (non-hydrogen) atoms. The third-order valence-electron chi connectivity index (χ3n) is 5.85. The van der Waals surface area contributed by atoms with Crippen LogP contribution in [0.5, 0.6) is 0 Å². The number of anilines is 1. The number of thiophene rings is 1. The predicted molar refractivity (Wildman–Crippen MR) is 103 cm³/mol. The van der Waals surface area contributed by atoms with Crippen LogP contribution in [-0.2, 0) is 20.7 Å². The first kappa shape index (κ1) is 19.9. The highest BCUT2D eigenvalue weighted by Crippen LogP contribution is 2.53. The van der Waals surface area contributed by atoms with Crippen molar-refractivity contribution in [2.45, 2.75) is 59.5 Å². The predicted octanol–water partition coefficient (Wildman–Crippen LogP) is 3.87. The Bertz CT molecular complexity index is 769. The average molecular weight is 394 g/mol. The highest BCUT2D eigenvalue weighted by molar-refractivity contribution is 7.16. The standard InChI is InChI=1S/C20H27NO5S/c1-5-13-10(4)27-18(16(13)20(25)26-9(2)3)21-17(22)14-11-6-7-12(8-11)15(14)19(23)24/h9,11-12,14-15H,5-8H2,1-4H3,(H,21,22)(H,23,24)/t11-,12-,14+,15+/m0/s1. The van der Waals surface area contributed by atoms with Gasteiger partial charge in [0.15, 0.2) is 0 Å². The largest absolute Gasteiger partial charge is 0.481 e. The second kappa shape index (κ2) is 7.62. The van der Waals surface area contributed by atoms with Crippen molar-refractivity contribution < 1.29 is 24.2 Å². The maximum atomic E-state index is 13.0. The van der Waals surface area contributed by atoms with E-state index in [9.17, 15) is 19.5 Å². The number of amides is 1. The van der Waals surface area contributed by atoms with E-state index >= 15 is 0 Å². The van der Waals surface area contributed by atoms with Crippen LogP contribution in [0, 0.1) is 30.6 Å². The Kier molecular flexibility index (Phi) is 5.60. The van der Waals surface area contributed by atoms with E-state index in [1.807, 2.05) is 13.8 Å². The fourth-order valence-electron chi connectivity index (χ4n) is 4.80. The maximum absolute atomic E-state index is 13.0. The number of fused-ring (bicyclic) bond motifs is 2. The SMILES string of the molecule is CCc1c(C)sc(NC(=O)[C@@H]2[C@H]3CC[C@@H](C3)[C@H]2C(=O)O)c1C(=O)OC(C)C. The number of carbonyl (C=O) groups is 3. The number of nitrogens with one attached hydrogen (secondary N) is 1. The van der Waals surface area contributed by atoms with Crippen molar-refractivity contribution in [2.75, 3.05) is 5.32 Å². The van der Waals surface area contributed by atoms with Gasteiger partial charge in [0.05, 0.1) is 23.5 Å². The Morgan fingerprint density at radius 1 is 1.22 bits per heavy atom. The lowest BCUT2D eigenvalue weighted by molar-refractivity contribution is -0.148. The molecule has 0 spiro atoms. The Morgan fingerprint density at radius 2 is 1.85 bits per heavy atom. The zero-order valence-electron chi connectivity index (χ0n) is 16.2. The average Bonchev–Trinajstić information content (AvgIpc) is 3.25. The number of rotatable bonds is 6. The monoisotopic (exact) mass is 393 g/mol. The summed E-state index contributed by atoms with van der Waals surface area (Å²) in [7, 11) is 0. The van der Waals surface area contributed by atoms with Gasteiger partial charge < -0.3 is 15.2 Å². The number of hydrogen-bond donors (Lipinski definition) is 2. The lowest BCUT2D eigenvalue weighted by Gasteiger charge is -2.27. The molecule has 2 fully saturated rings. The van der Waals surface area contributed by atoms with Crippen molar-refractivity contribution in [3.8, 4) is 0 Å². The lowest BCUT2D eigenvalue weighted by atomic mass is 9.79. The summed E-state index contributed by atoms with van der Waals surface area (Å²) in [5, 5.41) is 13.0. The smallest absolute Gasteiger partial charge is 0.341 e. The highest BCUT2D eigenvalue weighted by Gasteiger charge is 2.54. The molecule has 148 valence electrons. The molecule has 3 rings (SSSR count). The summed E-state index contributed by atoms with van der Waals surface area (Å²) >= 11 is 1.36. The van der Waals surface area contributed by atoms with Gasteiger partial charge in [-0.25, -0.2) is 4.79 Å². The van der Waals surface area contributed by atoms with Gasteiger partial charge in [-0.2, -0.15) is 0 Å². The molecule has 2 aliphatic carbocycles. The summed E-state index contributed by atoms with van der Waals surface area (Å²) in [4.78, 5) is 38.3. The van der Waals surface area contributed by atoms with Crippen LogP contribution in [0.3, 0.4) is 0 Å². The van der Waals surface area contributed by atoms with Crippen molar-refractivity contribution in [3.63, 3.8) is 0 Å². The zero-order chi connectivity index (χ0) is 19.9. The van der Waals surface area contributed by atoms with E-state index in [0.717, 1.165) is 29.7 Å². The van der Waals surface area contributed by atoms with Crippen molar-refractivity contribution in [1.82, 2.24) is 0 Å². The summed E-state index contributed by atoms with van der Waals surface area (Å²) in [6.07, 6.45) is 2.99. The number of ether oxygens (including phenoxy) is 1. The summed E-state index contributed by atoms with van der Waals surface area (Å²) in [6, 6.07) is 0. The van der Waals surface area contributed by atoms with E-state index in [-0.39, 0.29) is 23.8 Å². The molecule has 2 N–H and O–H groups in total. The van der Waals surface area contributed by atoms with Gasteiger partial charge in [-0.15, -0.1) is 11.3 Å². The molecule has 1 aromatic rings. The molecule has 0 radical (unpaired) electrons. The molecule has 4 atom stereocenters. The van der Waals surface area contributed by atoms with Gasteiger partial charge in [0.25, 0.3) is 0 Å². The van der Waals surface area contributed by atoms with E-state index in [1.165, 1.54) is 11.3 Å². The summed E-state index contributed by atoms with van der Waals surface area (Å²) in [5.41, 5.74) is 1.29. The first-order valence-electron chi connectivity index (χ1n) is 9.61. The van der Waals surface area contributed by atoms with Crippen LogP contribution in [0.4, 0.5) is 5.00 Å². The van der Waals surface area contributed by atoms with E-state index < -0.39 is 23.8 Å². The second-order valence-electron chi connectivity index (χ2n) is 7.86. The minimum atomic E-state index is -0.890. The van der Waals surface area contributed by atoms with Crippen LogP contribution in [0.15, 0.2) is 0 Å². The number of esters is 1. The van der Waals surface area contributed by atoms with Crippen molar-refractivity contribution in [1.29, 1.82) is 0 Å². The van der Waals surface area contributed by atoms with Gasteiger partial charge in [0.2, 0.25) is 5.91 Å². The topological polar surface area (TPSA) is 92.7 Å². The Hall–Kier alpha value is -1.89. The van der Waals surface area contributed by atoms with Crippen molar-refractivity contribution >= 4 is 34.2 Å². The first-order chi connectivity index (χ1) is 12.7. The number of carbonyl (C=O) groups excluding carboxylic acids is 2. The number of aliphatic carboxylic acids is 1. The Balaban J connectivity index is 1.88. The summed E-state index contributed by atoms with van der Waals surface area (Å²) < 4.78 is 5.37. The van der Waals surface area contributed by atoms with E-state index in [2.05, 4.69) is 5.32 Å². The normalized spacial score (nSPS) is 26.4. The molecule has 2 aliphatic rings. The lowest BCUT2D eigenvalue weighted by Crippen LogP contribution is -2.38. The quantitative estimate of drug-likeness (QED) is 0.716. The molecular formula is C20H27NO5S. The van der Waals surface area contributed by atoms with E-state index in [1.54, 1.807) is 13.8 Å². The van der Waals surface area contributed by atoms with Crippen LogP contribution in [0.25, 0.3) is 0 Å². The highest BCUT2D eigenvalue weighted by atomic mass is 32.1. The molecule has 1 aromatic heterocycles. The number of carboxylic acids is 1. The number of hydrogen-bond acceptors (Lipinski definition) is 5. The second-order valence-corrected chi connectivity index (χ2v) is 9.09. The third kappa shape index (κ3) is 3.61. The van der Waals surface area contributed by atoms with Crippen LogP contribution in [-0.4, -0.2) is 29.1 Å². The molecule has 1 heterocycles. The maximum Gasteiger partial charge on any atom is 0.341 e. The van der Waals surface area contributed by atoms with Gasteiger partial charge in [-0.3, -0.25) is 9.59 Å². The van der Waals surface area contributed by atoms with Gasteiger partial charge in [-0.05, 0) is 63.9 Å². The minimum absolute atomic E-state index is 0.0879. The minimum Gasteiger partial charge on any atom is -0.481 e. The van der Waals surface area contributed by atoms with E-state index in [0.29, 0.717) is 17.0 Å². The van der Waals surface area contributed by atoms with E-state index in [4.69, 9.17) is 4.74 Å². The third-order valence-corrected chi connectivity index (χ3v) is 6.91. The molecule has 7 heteroatoms. The Labute approximate surface area is 163 Å². The van der Waals surface area contributed by atoms with Crippen molar-refractivity contribution in [3.05, 3.63) is 16.0 Å². The molecule has 0 aliphatic heterocycles. The van der Waals surface area contributed by atoms with Gasteiger partial charge in [0, 0.05) is 4.88 Å². The first-order valence-corrected chi connectivity index (χ1v) is 10.4. The Morgan fingerprint density at radius 3 is 2.41 bits per heavy atom. The van der Waals surface area contributed by atoms with Crippen LogP contribution < -0.4 is 5.32 Å². The number of carboxylic acid groups (broad SMARTS) is 1. The molecule has 2 bridgehead atoms. The summed E-state index contributed by atoms with van der Waals surface area (Å²) in [5.74, 6) is -2.55. The van der Waals surface area contributed by atoms with Crippen LogP contribution in [0.1, 0.15) is 60.8 Å². The summed E-state index contributed by atoms with van der Waals surface area (Å²) in [6.45, 7) is 7.45. The van der Waals surface area contributed by atoms with Crippen molar-refractivity contribution in [2.24, 2.45) is 23.7 Å². The fraction of sp³-hybridized carbons (Fsp3) is 0.650. The van der Waals surface area contributed by atoms with Crippen LogP contribution in [0.2, 0.25) is 0 Å². The van der Waals surface area contributed by atoms with Gasteiger partial charge >= 0.3 is 11.9 Å². The fourth-order valence-corrected chi connectivity index (χ4v) is 5.94. The van der Waals surface area contributed by atoms with Gasteiger partial charge in [0.1, 0.15) is 5.00 Å². The molecule has 0 unspecified atom stereocenters. The number of aryl methyl sites for hydroxylation is 1. The zero-order valence-corrected chi connectivity index (χ0v) is 17.0. The molecule has 0 saturated heterocycles.